The number of aliphatic imine (C=N–C) groups is 1. The zero-order valence-electron chi connectivity index (χ0n) is 17.5. The van der Waals surface area contributed by atoms with E-state index in [1.54, 1.807) is 20.2 Å². The highest BCUT2D eigenvalue weighted by Crippen LogP contribution is 2.42. The molecule has 0 atom stereocenters. The largest absolute Gasteiger partial charge is 0.357 e. The first-order valence-electron chi connectivity index (χ1n) is 10.0. The lowest BCUT2D eigenvalue weighted by molar-refractivity contribution is 0.293. The van der Waals surface area contributed by atoms with Crippen LogP contribution < -0.4 is 5.32 Å². The standard InChI is InChI=1S/C19H32N4O2S3.HI/c1-4-20-18(23-12-13-26-19(15-23)10-6-5-7-11-19)21-14-16-8-9-17(27-16)28(24,25)22(2)3;/h8-9H,4-7,10-15H2,1-3H3,(H,20,21);1H. The lowest BCUT2D eigenvalue weighted by Gasteiger charge is -2.45. The Morgan fingerprint density at radius 2 is 2.00 bits per heavy atom. The average Bonchev–Trinajstić information content (AvgIpc) is 3.15. The third-order valence-corrected chi connectivity index (χ3v) is 10.3. The first-order chi connectivity index (χ1) is 13.4. The van der Waals surface area contributed by atoms with Crippen molar-refractivity contribution in [3.8, 4) is 0 Å². The number of thioether (sulfide) groups is 1. The van der Waals surface area contributed by atoms with Gasteiger partial charge in [-0.15, -0.1) is 35.3 Å². The highest BCUT2D eigenvalue weighted by atomic mass is 127. The van der Waals surface area contributed by atoms with Crippen molar-refractivity contribution in [1.82, 2.24) is 14.5 Å². The van der Waals surface area contributed by atoms with E-state index in [1.165, 1.54) is 47.7 Å². The maximum absolute atomic E-state index is 12.3. The van der Waals surface area contributed by atoms with Crippen LogP contribution in [-0.4, -0.2) is 67.8 Å². The van der Waals surface area contributed by atoms with Gasteiger partial charge in [-0.05, 0) is 31.9 Å². The topological polar surface area (TPSA) is 65.0 Å². The quantitative estimate of drug-likeness (QED) is 0.330. The van der Waals surface area contributed by atoms with Crippen LogP contribution in [0.3, 0.4) is 0 Å². The molecule has 1 N–H and O–H groups in total. The maximum Gasteiger partial charge on any atom is 0.252 e. The monoisotopic (exact) mass is 572 g/mol. The normalized spacial score (nSPS) is 20.0. The van der Waals surface area contributed by atoms with Gasteiger partial charge in [-0.1, -0.05) is 19.3 Å². The fraction of sp³-hybridized carbons (Fsp3) is 0.737. The number of rotatable bonds is 5. The van der Waals surface area contributed by atoms with Crippen LogP contribution in [0.15, 0.2) is 21.3 Å². The van der Waals surface area contributed by atoms with Gasteiger partial charge in [0.05, 0.1) is 6.54 Å². The number of thiophene rings is 1. The number of halogens is 1. The van der Waals surface area contributed by atoms with Crippen molar-refractivity contribution in [2.45, 2.75) is 54.5 Å². The predicted molar refractivity (Wildman–Crippen MR) is 135 cm³/mol. The van der Waals surface area contributed by atoms with Crippen molar-refractivity contribution in [2.24, 2.45) is 4.99 Å². The van der Waals surface area contributed by atoms with Gasteiger partial charge in [-0.2, -0.15) is 11.8 Å². The molecule has 166 valence electrons. The molecule has 3 rings (SSSR count). The third kappa shape index (κ3) is 6.24. The molecule has 0 amide bonds. The molecule has 1 aliphatic heterocycles. The molecule has 2 heterocycles. The summed E-state index contributed by atoms with van der Waals surface area (Å²) in [6, 6.07) is 3.56. The molecular formula is C19H33IN4O2S3. The molecule has 2 fully saturated rings. The Kier molecular flexibility index (Phi) is 9.58. The zero-order chi connectivity index (χ0) is 20.2. The first-order valence-corrected chi connectivity index (χ1v) is 13.3. The van der Waals surface area contributed by atoms with Crippen LogP contribution in [0.4, 0.5) is 0 Å². The van der Waals surface area contributed by atoms with Gasteiger partial charge in [-0.25, -0.2) is 17.7 Å². The molecule has 29 heavy (non-hydrogen) atoms. The van der Waals surface area contributed by atoms with Gasteiger partial charge >= 0.3 is 0 Å². The van der Waals surface area contributed by atoms with Crippen molar-refractivity contribution >= 4 is 63.1 Å². The lowest BCUT2D eigenvalue weighted by atomic mass is 9.87. The molecule has 0 radical (unpaired) electrons. The number of nitrogens with zero attached hydrogens (tertiary/aromatic N) is 3. The molecular weight excluding hydrogens is 539 g/mol. The van der Waals surface area contributed by atoms with Crippen LogP contribution in [-0.2, 0) is 16.6 Å². The van der Waals surface area contributed by atoms with Crippen LogP contribution in [0.25, 0.3) is 0 Å². The Labute approximate surface area is 201 Å². The SMILES string of the molecule is CCNC(=NCc1ccc(S(=O)(=O)N(C)C)s1)N1CCSC2(CCCCC2)C1.I. The molecule has 2 aliphatic rings. The van der Waals surface area contributed by atoms with Crippen LogP contribution in [0.2, 0.25) is 0 Å². The van der Waals surface area contributed by atoms with E-state index in [1.807, 2.05) is 6.07 Å². The smallest absolute Gasteiger partial charge is 0.252 e. The predicted octanol–water partition coefficient (Wildman–Crippen LogP) is 3.83. The van der Waals surface area contributed by atoms with E-state index in [4.69, 9.17) is 4.99 Å². The molecule has 6 nitrogen and oxygen atoms in total. The summed E-state index contributed by atoms with van der Waals surface area (Å²) in [5.41, 5.74) is 0. The van der Waals surface area contributed by atoms with Gasteiger partial charge in [-0.3, -0.25) is 0 Å². The Morgan fingerprint density at radius 3 is 2.66 bits per heavy atom. The Morgan fingerprint density at radius 1 is 1.28 bits per heavy atom. The molecule has 1 aliphatic carbocycles. The van der Waals surface area contributed by atoms with Crippen LogP contribution in [0.5, 0.6) is 0 Å². The maximum atomic E-state index is 12.3. The highest BCUT2D eigenvalue weighted by molar-refractivity contribution is 14.0. The van der Waals surface area contributed by atoms with Gasteiger partial charge in [0.1, 0.15) is 4.21 Å². The van der Waals surface area contributed by atoms with E-state index in [-0.39, 0.29) is 24.0 Å². The summed E-state index contributed by atoms with van der Waals surface area (Å²) < 4.78 is 26.6. The van der Waals surface area contributed by atoms with Gasteiger partial charge in [0, 0.05) is 49.1 Å². The van der Waals surface area contributed by atoms with Crippen LogP contribution in [0.1, 0.15) is 43.9 Å². The third-order valence-electron chi connectivity index (χ3n) is 5.40. The summed E-state index contributed by atoms with van der Waals surface area (Å²) >= 11 is 3.46. The second-order valence-corrected chi connectivity index (χ2v) is 12.8. The molecule has 1 saturated heterocycles. The molecule has 1 aromatic rings. The van der Waals surface area contributed by atoms with E-state index < -0.39 is 10.0 Å². The second kappa shape index (κ2) is 11.0. The van der Waals surface area contributed by atoms with E-state index in [2.05, 4.69) is 28.9 Å². The highest BCUT2D eigenvalue weighted by Gasteiger charge is 2.38. The van der Waals surface area contributed by atoms with E-state index >= 15 is 0 Å². The molecule has 1 spiro atoms. The van der Waals surface area contributed by atoms with Crippen LogP contribution in [0, 0.1) is 0 Å². The minimum absolute atomic E-state index is 0. The molecule has 10 heteroatoms. The number of hydrogen-bond acceptors (Lipinski definition) is 5. The van der Waals surface area contributed by atoms with E-state index in [0.29, 0.717) is 15.5 Å². The fourth-order valence-corrected chi connectivity index (χ4v) is 7.88. The number of hydrogen-bond donors (Lipinski definition) is 1. The minimum atomic E-state index is -3.37. The minimum Gasteiger partial charge on any atom is -0.357 e. The van der Waals surface area contributed by atoms with Gasteiger partial charge in [0.2, 0.25) is 0 Å². The summed E-state index contributed by atoms with van der Waals surface area (Å²) in [6.45, 7) is 5.52. The molecule has 0 unspecified atom stereocenters. The van der Waals surface area contributed by atoms with Gasteiger partial charge < -0.3 is 10.2 Å². The molecule has 1 saturated carbocycles. The van der Waals surface area contributed by atoms with Gasteiger partial charge in [0.15, 0.2) is 5.96 Å². The zero-order valence-corrected chi connectivity index (χ0v) is 22.3. The van der Waals surface area contributed by atoms with Crippen molar-refractivity contribution in [1.29, 1.82) is 0 Å². The fourth-order valence-electron chi connectivity index (χ4n) is 3.86. The van der Waals surface area contributed by atoms with Crippen molar-refractivity contribution in [3.05, 3.63) is 17.0 Å². The van der Waals surface area contributed by atoms with E-state index in [9.17, 15) is 8.42 Å². The average molecular weight is 573 g/mol. The van der Waals surface area contributed by atoms with Gasteiger partial charge in [0.25, 0.3) is 10.0 Å². The van der Waals surface area contributed by atoms with Crippen molar-refractivity contribution < 1.29 is 8.42 Å². The van der Waals surface area contributed by atoms with E-state index in [0.717, 1.165) is 36.2 Å². The lowest BCUT2D eigenvalue weighted by Crippen LogP contribution is -2.53. The second-order valence-electron chi connectivity index (χ2n) is 7.69. The van der Waals surface area contributed by atoms with Crippen molar-refractivity contribution in [2.75, 3.05) is 39.5 Å². The molecule has 0 aromatic carbocycles. The summed E-state index contributed by atoms with van der Waals surface area (Å²) in [6.07, 6.45) is 6.67. The Bertz CT molecular complexity index is 784. The molecule has 1 aromatic heterocycles. The Balaban J connectivity index is 0.00000300. The summed E-state index contributed by atoms with van der Waals surface area (Å²) in [7, 11) is -0.247. The number of sulfonamides is 1. The number of nitrogens with one attached hydrogen (secondary N) is 1. The molecule has 0 bridgehead atoms. The van der Waals surface area contributed by atoms with Crippen molar-refractivity contribution in [3.63, 3.8) is 0 Å². The summed E-state index contributed by atoms with van der Waals surface area (Å²) in [4.78, 5) is 8.23. The Hall–Kier alpha value is -0.0400. The number of guanidine groups is 1. The summed E-state index contributed by atoms with van der Waals surface area (Å²) in [5.74, 6) is 2.10. The van der Waals surface area contributed by atoms with Crippen LogP contribution >= 0.6 is 47.1 Å². The first kappa shape index (κ1) is 25.2. The summed E-state index contributed by atoms with van der Waals surface area (Å²) in [5, 5.41) is 3.44.